The smallest absolute Gasteiger partial charge is 0.162 e. The normalized spacial score (nSPS) is 32.6. The van der Waals surface area contributed by atoms with Crippen molar-refractivity contribution in [2.45, 2.75) is 52.1 Å². The topological polar surface area (TPSA) is 26.3 Å². The van der Waals surface area contributed by atoms with Gasteiger partial charge in [0.2, 0.25) is 0 Å². The predicted molar refractivity (Wildman–Crippen MR) is 54.8 cm³/mol. The lowest BCUT2D eigenvalue weighted by atomic mass is 9.82. The molecule has 0 saturated carbocycles. The monoisotopic (exact) mass is 194 g/mol. The van der Waals surface area contributed by atoms with Gasteiger partial charge in [-0.3, -0.25) is 4.79 Å². The molecule has 1 aliphatic carbocycles. The second-order valence-corrected chi connectivity index (χ2v) is 4.40. The summed E-state index contributed by atoms with van der Waals surface area (Å²) in [6.07, 6.45) is 5.08. The van der Waals surface area contributed by atoms with Gasteiger partial charge < -0.3 is 4.74 Å². The minimum atomic E-state index is 0.327. The highest BCUT2D eigenvalue weighted by molar-refractivity contribution is 5.97. The van der Waals surface area contributed by atoms with Crippen molar-refractivity contribution in [1.29, 1.82) is 0 Å². The maximum atomic E-state index is 11.7. The van der Waals surface area contributed by atoms with Crippen molar-refractivity contribution >= 4 is 5.78 Å². The van der Waals surface area contributed by atoms with Crippen molar-refractivity contribution in [3.8, 4) is 0 Å². The first-order valence-electron chi connectivity index (χ1n) is 5.65. The van der Waals surface area contributed by atoms with E-state index in [0.717, 1.165) is 43.4 Å². The van der Waals surface area contributed by atoms with E-state index in [0.29, 0.717) is 17.8 Å². The quantitative estimate of drug-likeness (QED) is 0.641. The fraction of sp³-hybridized carbons (Fsp3) is 0.750. The van der Waals surface area contributed by atoms with Crippen LogP contribution in [0.25, 0.3) is 0 Å². The number of carbonyl (C=O) groups excluding carboxylic acids is 1. The molecule has 0 spiro atoms. The van der Waals surface area contributed by atoms with Crippen molar-refractivity contribution < 1.29 is 9.53 Å². The zero-order valence-corrected chi connectivity index (χ0v) is 9.01. The Morgan fingerprint density at radius 3 is 2.93 bits per heavy atom. The lowest BCUT2D eigenvalue weighted by molar-refractivity contribution is -0.118. The average Bonchev–Trinajstić information content (AvgIpc) is 2.17. The Balaban J connectivity index is 2.26. The molecule has 0 aromatic heterocycles. The van der Waals surface area contributed by atoms with Crippen LogP contribution in [0.5, 0.6) is 0 Å². The molecule has 2 nitrogen and oxygen atoms in total. The number of Topliss-reactive ketones (excluding diaryl/α,β-unsaturated/α-hetero) is 1. The summed E-state index contributed by atoms with van der Waals surface area (Å²) < 4.78 is 5.84. The maximum absolute atomic E-state index is 11.7. The van der Waals surface area contributed by atoms with E-state index in [4.69, 9.17) is 4.74 Å². The third kappa shape index (κ3) is 1.58. The van der Waals surface area contributed by atoms with Crippen LogP contribution in [0.1, 0.15) is 46.0 Å². The van der Waals surface area contributed by atoms with Crippen LogP contribution < -0.4 is 0 Å². The number of rotatable bonds is 1. The second kappa shape index (κ2) is 3.76. The van der Waals surface area contributed by atoms with Gasteiger partial charge in [-0.25, -0.2) is 0 Å². The van der Waals surface area contributed by atoms with E-state index in [9.17, 15) is 4.79 Å². The standard InChI is InChI=1S/C12H18O2/c1-3-9-7-8(2)12-10(13)5-4-6-11(12)14-9/h8-9H,3-7H2,1-2H3/t8-,9-/m1/s1. The number of hydrogen-bond donors (Lipinski definition) is 0. The van der Waals surface area contributed by atoms with Gasteiger partial charge in [-0.15, -0.1) is 0 Å². The van der Waals surface area contributed by atoms with Crippen molar-refractivity contribution in [3.63, 3.8) is 0 Å². The summed E-state index contributed by atoms with van der Waals surface area (Å²) in [4.78, 5) is 11.7. The molecule has 1 aliphatic heterocycles. The Morgan fingerprint density at radius 1 is 1.43 bits per heavy atom. The van der Waals surface area contributed by atoms with Crippen LogP contribution in [-0.2, 0) is 9.53 Å². The molecule has 0 aromatic carbocycles. The molecule has 0 bridgehead atoms. The maximum Gasteiger partial charge on any atom is 0.162 e. The van der Waals surface area contributed by atoms with Crippen molar-refractivity contribution in [3.05, 3.63) is 11.3 Å². The largest absolute Gasteiger partial charge is 0.494 e. The molecule has 2 atom stereocenters. The Morgan fingerprint density at radius 2 is 2.21 bits per heavy atom. The predicted octanol–water partition coefficient (Wildman–Crippen LogP) is 2.83. The Bertz CT molecular complexity index is 278. The summed E-state index contributed by atoms with van der Waals surface area (Å²) in [5.74, 6) is 1.75. The fourth-order valence-electron chi connectivity index (χ4n) is 2.52. The van der Waals surface area contributed by atoms with Gasteiger partial charge in [0.05, 0.1) is 6.10 Å². The number of carbonyl (C=O) groups is 1. The Labute approximate surface area is 85.3 Å². The van der Waals surface area contributed by atoms with E-state index in [1.807, 2.05) is 0 Å². The van der Waals surface area contributed by atoms with Crippen LogP contribution in [0, 0.1) is 5.92 Å². The van der Waals surface area contributed by atoms with Gasteiger partial charge in [-0.1, -0.05) is 13.8 Å². The Hall–Kier alpha value is -0.790. The number of ether oxygens (including phenoxy) is 1. The highest BCUT2D eigenvalue weighted by atomic mass is 16.5. The lowest BCUT2D eigenvalue weighted by Gasteiger charge is -2.34. The molecule has 1 heterocycles. The van der Waals surface area contributed by atoms with E-state index >= 15 is 0 Å². The second-order valence-electron chi connectivity index (χ2n) is 4.40. The summed E-state index contributed by atoms with van der Waals surface area (Å²) >= 11 is 0. The SMILES string of the molecule is CC[C@@H]1C[C@@H](C)C2=C(CCCC2=O)O1. The highest BCUT2D eigenvalue weighted by Crippen LogP contribution is 2.36. The molecule has 78 valence electrons. The average molecular weight is 194 g/mol. The van der Waals surface area contributed by atoms with Gasteiger partial charge >= 0.3 is 0 Å². The summed E-state index contributed by atoms with van der Waals surface area (Å²) in [5, 5.41) is 0. The zero-order chi connectivity index (χ0) is 10.1. The molecule has 0 aromatic rings. The molecular formula is C12H18O2. The molecule has 2 rings (SSSR count). The van der Waals surface area contributed by atoms with Crippen LogP contribution in [0.2, 0.25) is 0 Å². The lowest BCUT2D eigenvalue weighted by Crippen LogP contribution is -2.29. The van der Waals surface area contributed by atoms with Crippen molar-refractivity contribution in [2.24, 2.45) is 5.92 Å². The molecule has 2 aliphatic rings. The molecule has 0 amide bonds. The van der Waals surface area contributed by atoms with Gasteiger partial charge in [-0.2, -0.15) is 0 Å². The van der Waals surface area contributed by atoms with Crippen LogP contribution in [0.3, 0.4) is 0 Å². The van der Waals surface area contributed by atoms with Gasteiger partial charge in [0, 0.05) is 18.4 Å². The van der Waals surface area contributed by atoms with Crippen LogP contribution in [-0.4, -0.2) is 11.9 Å². The van der Waals surface area contributed by atoms with E-state index in [1.54, 1.807) is 0 Å². The van der Waals surface area contributed by atoms with Gasteiger partial charge in [-0.05, 0) is 25.2 Å². The third-order valence-electron chi connectivity index (χ3n) is 3.28. The zero-order valence-electron chi connectivity index (χ0n) is 9.01. The number of ketones is 1. The van der Waals surface area contributed by atoms with E-state index in [2.05, 4.69) is 13.8 Å². The first-order chi connectivity index (χ1) is 6.72. The van der Waals surface area contributed by atoms with Crippen LogP contribution >= 0.6 is 0 Å². The molecule has 2 heteroatoms. The first-order valence-corrected chi connectivity index (χ1v) is 5.65. The molecule has 0 saturated heterocycles. The van der Waals surface area contributed by atoms with E-state index in [-0.39, 0.29) is 0 Å². The van der Waals surface area contributed by atoms with Crippen LogP contribution in [0.15, 0.2) is 11.3 Å². The molecule has 14 heavy (non-hydrogen) atoms. The molecule has 0 N–H and O–H groups in total. The van der Waals surface area contributed by atoms with E-state index in [1.165, 1.54) is 0 Å². The van der Waals surface area contributed by atoms with Crippen molar-refractivity contribution in [2.75, 3.05) is 0 Å². The van der Waals surface area contributed by atoms with Gasteiger partial charge in [0.25, 0.3) is 0 Å². The summed E-state index contributed by atoms with van der Waals surface area (Å²) in [6.45, 7) is 4.30. The minimum absolute atomic E-state index is 0.327. The Kier molecular flexibility index (Phi) is 2.62. The summed E-state index contributed by atoms with van der Waals surface area (Å²) in [6, 6.07) is 0. The summed E-state index contributed by atoms with van der Waals surface area (Å²) in [7, 11) is 0. The molecular weight excluding hydrogens is 176 g/mol. The first kappa shape index (κ1) is 9.75. The van der Waals surface area contributed by atoms with Crippen LogP contribution in [0.4, 0.5) is 0 Å². The van der Waals surface area contributed by atoms with Gasteiger partial charge in [0.15, 0.2) is 5.78 Å². The highest BCUT2D eigenvalue weighted by Gasteiger charge is 2.32. The molecule has 0 fully saturated rings. The van der Waals surface area contributed by atoms with Gasteiger partial charge in [0.1, 0.15) is 5.76 Å². The summed E-state index contributed by atoms with van der Waals surface area (Å²) in [5.41, 5.74) is 1.00. The van der Waals surface area contributed by atoms with E-state index < -0.39 is 0 Å². The minimum Gasteiger partial charge on any atom is -0.494 e. The van der Waals surface area contributed by atoms with Crippen molar-refractivity contribution in [1.82, 2.24) is 0 Å². The fourth-order valence-corrected chi connectivity index (χ4v) is 2.52. The number of allylic oxidation sites excluding steroid dienone is 2. The molecule has 0 radical (unpaired) electrons. The molecule has 0 unspecified atom stereocenters. The number of hydrogen-bond acceptors (Lipinski definition) is 2. The third-order valence-corrected chi connectivity index (χ3v) is 3.28.